The molecular formula is C31H22F7N5O2. The van der Waals surface area contributed by atoms with E-state index in [0.29, 0.717) is 10.7 Å². The molecular weight excluding hydrogens is 607 g/mol. The molecule has 14 heteroatoms. The summed E-state index contributed by atoms with van der Waals surface area (Å²) in [4.78, 5) is 29.5. The molecule has 0 spiro atoms. The van der Waals surface area contributed by atoms with Gasteiger partial charge < -0.3 is 11.1 Å². The summed E-state index contributed by atoms with van der Waals surface area (Å²) in [5, 5.41) is 6.27. The number of pyridine rings is 1. The van der Waals surface area contributed by atoms with E-state index in [1.807, 2.05) is 0 Å². The average Bonchev–Trinajstić information content (AvgIpc) is 3.37. The van der Waals surface area contributed by atoms with Gasteiger partial charge in [-0.2, -0.15) is 13.9 Å². The maximum atomic E-state index is 15.2. The fraction of sp³-hybridized carbons (Fsp3) is 0.226. The number of nitrogens with one attached hydrogen (secondary N) is 1. The lowest BCUT2D eigenvalue weighted by Crippen LogP contribution is -2.35. The first kappa shape index (κ1) is 30.0. The van der Waals surface area contributed by atoms with Crippen LogP contribution < -0.4 is 11.1 Å². The highest BCUT2D eigenvalue weighted by Crippen LogP contribution is 2.59. The predicted octanol–water partition coefficient (Wildman–Crippen LogP) is 5.87. The molecule has 3 unspecified atom stereocenters. The largest absolute Gasteiger partial charge is 0.366 e. The van der Waals surface area contributed by atoms with Crippen LogP contribution in [0.1, 0.15) is 57.0 Å². The van der Waals surface area contributed by atoms with Crippen molar-refractivity contribution in [3.8, 4) is 11.1 Å². The van der Waals surface area contributed by atoms with Crippen molar-refractivity contribution in [2.24, 2.45) is 11.7 Å². The minimum Gasteiger partial charge on any atom is -0.366 e. The summed E-state index contributed by atoms with van der Waals surface area (Å²) in [5.41, 5.74) is 3.65. The second-order valence-corrected chi connectivity index (χ2v) is 10.8. The van der Waals surface area contributed by atoms with E-state index in [1.165, 1.54) is 42.6 Å². The second-order valence-electron chi connectivity index (χ2n) is 10.8. The summed E-state index contributed by atoms with van der Waals surface area (Å²) < 4.78 is 101. The first-order valence-electron chi connectivity index (χ1n) is 13.6. The van der Waals surface area contributed by atoms with Crippen LogP contribution >= 0.6 is 0 Å². The van der Waals surface area contributed by atoms with E-state index in [-0.39, 0.29) is 34.4 Å². The molecule has 45 heavy (non-hydrogen) atoms. The molecule has 0 fully saturated rings. The molecule has 2 aliphatic carbocycles. The van der Waals surface area contributed by atoms with Gasteiger partial charge in [0, 0.05) is 29.3 Å². The highest BCUT2D eigenvalue weighted by atomic mass is 19.3. The number of carbonyl (C=O) groups is 2. The standard InChI is InChI=1S/C31H22F7N5O2/c32-16-8-14(9-17(33)12-16)10-23(26-18(2-1-7-40-26)15-3-6-22(34)20(11-15)30(39)45)41-24(44)13-43-28-25(27(42-43)29(35)36)19-4-5-21(19)31(28,37)38/h1-9,11-12,19,21,23,29H,10,13H2,(H2,39,45)(H,41,44). The van der Waals surface area contributed by atoms with Gasteiger partial charge in [0.25, 0.3) is 18.3 Å². The number of hydrogen-bond acceptors (Lipinski definition) is 4. The van der Waals surface area contributed by atoms with Crippen LogP contribution in [0.15, 0.2) is 66.9 Å². The fourth-order valence-electron chi connectivity index (χ4n) is 5.94. The number of hydrogen-bond donors (Lipinski definition) is 2. The Bertz CT molecular complexity index is 1850. The molecule has 2 aromatic heterocycles. The van der Waals surface area contributed by atoms with E-state index in [9.17, 15) is 31.5 Å². The molecule has 3 atom stereocenters. The number of allylic oxidation sites excluding steroid dienone is 2. The molecule has 2 heterocycles. The SMILES string of the molecule is NC(=O)c1cc(-c2cccnc2C(Cc2cc(F)cc(F)c2)NC(=O)Cn2nc(C(F)F)c3c2C(F)(F)C2C=CC32)ccc1F. The van der Waals surface area contributed by atoms with Gasteiger partial charge in [0.15, 0.2) is 0 Å². The molecule has 0 radical (unpaired) electrons. The van der Waals surface area contributed by atoms with Gasteiger partial charge in [-0.25, -0.2) is 22.0 Å². The van der Waals surface area contributed by atoms with E-state index in [4.69, 9.17) is 5.73 Å². The predicted molar refractivity (Wildman–Crippen MR) is 146 cm³/mol. The van der Waals surface area contributed by atoms with Gasteiger partial charge in [0.05, 0.1) is 23.2 Å². The summed E-state index contributed by atoms with van der Waals surface area (Å²) in [6.45, 7) is -0.886. The zero-order valence-corrected chi connectivity index (χ0v) is 23.0. The Hall–Kier alpha value is -5.01. The van der Waals surface area contributed by atoms with Crippen LogP contribution in [0.4, 0.5) is 30.7 Å². The molecule has 3 N–H and O–H groups in total. The second kappa shape index (κ2) is 11.2. The Balaban J connectivity index is 1.38. The highest BCUT2D eigenvalue weighted by Gasteiger charge is 2.60. The Morgan fingerprint density at radius 3 is 2.38 bits per heavy atom. The van der Waals surface area contributed by atoms with Crippen molar-refractivity contribution < 1.29 is 40.3 Å². The molecule has 2 amide bonds. The van der Waals surface area contributed by atoms with Crippen LogP contribution in [-0.4, -0.2) is 26.6 Å². The van der Waals surface area contributed by atoms with Crippen LogP contribution in [0, 0.1) is 23.4 Å². The van der Waals surface area contributed by atoms with Crippen molar-refractivity contribution in [3.63, 3.8) is 0 Å². The van der Waals surface area contributed by atoms with E-state index >= 15 is 8.78 Å². The molecule has 4 aromatic rings. The maximum Gasteiger partial charge on any atom is 0.296 e. The number of carbonyl (C=O) groups excluding carboxylic acids is 2. The third-order valence-electron chi connectivity index (χ3n) is 7.91. The number of primary amides is 1. The first-order chi connectivity index (χ1) is 21.3. The monoisotopic (exact) mass is 629 g/mol. The number of aromatic nitrogens is 3. The lowest BCUT2D eigenvalue weighted by molar-refractivity contribution is -0.123. The Morgan fingerprint density at radius 2 is 1.73 bits per heavy atom. The Morgan fingerprint density at radius 1 is 1.00 bits per heavy atom. The molecule has 0 aliphatic heterocycles. The molecule has 7 nitrogen and oxygen atoms in total. The van der Waals surface area contributed by atoms with Crippen LogP contribution in [0.3, 0.4) is 0 Å². The average molecular weight is 630 g/mol. The Labute approximate surface area is 250 Å². The number of benzene rings is 2. The zero-order chi connectivity index (χ0) is 32.2. The van der Waals surface area contributed by atoms with Crippen molar-refractivity contribution in [2.45, 2.75) is 37.3 Å². The third kappa shape index (κ3) is 5.34. The first-order valence-corrected chi connectivity index (χ1v) is 13.6. The fourth-order valence-corrected chi connectivity index (χ4v) is 5.94. The summed E-state index contributed by atoms with van der Waals surface area (Å²) >= 11 is 0. The number of halogens is 7. The van der Waals surface area contributed by atoms with Gasteiger partial charge in [-0.1, -0.05) is 24.3 Å². The van der Waals surface area contributed by atoms with Crippen LogP contribution in [0.2, 0.25) is 0 Å². The molecule has 0 bridgehead atoms. The number of alkyl halides is 4. The summed E-state index contributed by atoms with van der Waals surface area (Å²) in [6, 6.07) is 8.04. The van der Waals surface area contributed by atoms with E-state index in [1.54, 1.807) is 0 Å². The highest BCUT2D eigenvalue weighted by molar-refractivity contribution is 5.94. The third-order valence-corrected chi connectivity index (χ3v) is 7.91. The maximum absolute atomic E-state index is 15.2. The van der Waals surface area contributed by atoms with Crippen molar-refractivity contribution in [3.05, 3.63) is 118 Å². The summed E-state index contributed by atoms with van der Waals surface area (Å²) in [5.74, 6) is -10.5. The molecule has 0 saturated heterocycles. The van der Waals surface area contributed by atoms with Crippen molar-refractivity contribution in [2.75, 3.05) is 0 Å². The van der Waals surface area contributed by atoms with Gasteiger partial charge >= 0.3 is 0 Å². The van der Waals surface area contributed by atoms with Gasteiger partial charge in [0.1, 0.15) is 35.4 Å². The topological polar surface area (TPSA) is 103 Å². The van der Waals surface area contributed by atoms with Crippen molar-refractivity contribution in [1.82, 2.24) is 20.1 Å². The van der Waals surface area contributed by atoms with E-state index < -0.39 is 83.0 Å². The lowest BCUT2D eigenvalue weighted by atomic mass is 9.81. The normalized spacial score (nSPS) is 18.3. The Kier molecular flexibility index (Phi) is 7.45. The smallest absolute Gasteiger partial charge is 0.296 e. The minimum absolute atomic E-state index is 0.0838. The molecule has 0 saturated carbocycles. The summed E-state index contributed by atoms with van der Waals surface area (Å²) in [7, 11) is 0. The van der Waals surface area contributed by atoms with Crippen LogP contribution in [0.5, 0.6) is 0 Å². The van der Waals surface area contributed by atoms with Gasteiger partial charge in [-0.05, 0) is 47.9 Å². The van der Waals surface area contributed by atoms with Crippen molar-refractivity contribution >= 4 is 11.8 Å². The van der Waals surface area contributed by atoms with Gasteiger partial charge in [0.2, 0.25) is 5.91 Å². The number of nitrogens with two attached hydrogens (primary N) is 1. The number of nitrogens with zero attached hydrogens (tertiary/aromatic N) is 3. The molecule has 6 rings (SSSR count). The number of amides is 2. The quantitative estimate of drug-likeness (QED) is 0.179. The molecule has 232 valence electrons. The molecule has 2 aliphatic rings. The van der Waals surface area contributed by atoms with E-state index in [2.05, 4.69) is 15.4 Å². The lowest BCUT2D eigenvalue weighted by Gasteiger charge is -2.27. The number of fused-ring (bicyclic) bond motifs is 3. The molecule has 2 aromatic carbocycles. The zero-order valence-electron chi connectivity index (χ0n) is 23.0. The van der Waals surface area contributed by atoms with Crippen molar-refractivity contribution in [1.29, 1.82) is 0 Å². The van der Waals surface area contributed by atoms with Crippen LogP contribution in [0.25, 0.3) is 11.1 Å². The number of rotatable bonds is 9. The van der Waals surface area contributed by atoms with Crippen LogP contribution in [-0.2, 0) is 23.7 Å². The van der Waals surface area contributed by atoms with Gasteiger partial charge in [-0.15, -0.1) is 0 Å². The summed E-state index contributed by atoms with van der Waals surface area (Å²) in [6.07, 6.45) is 0.525. The minimum atomic E-state index is -3.55. The van der Waals surface area contributed by atoms with Gasteiger partial charge in [-0.3, -0.25) is 19.3 Å². The van der Waals surface area contributed by atoms with E-state index in [0.717, 1.165) is 18.2 Å².